The number of amides is 1. The number of sulfonamides is 1. The van der Waals surface area contributed by atoms with Crippen LogP contribution in [-0.2, 0) is 10.0 Å². The molecule has 1 unspecified atom stereocenters. The Hall–Kier alpha value is -2.43. The van der Waals surface area contributed by atoms with Crippen LogP contribution in [0.1, 0.15) is 48.9 Å². The molecule has 1 N–H and O–H groups in total. The second-order valence-corrected chi connectivity index (χ2v) is 12.0. The van der Waals surface area contributed by atoms with Crippen molar-refractivity contribution in [3.63, 3.8) is 0 Å². The maximum atomic E-state index is 14.9. The highest BCUT2D eigenvalue weighted by molar-refractivity contribution is 7.90. The van der Waals surface area contributed by atoms with E-state index in [1.54, 1.807) is 4.72 Å². The Kier molecular flexibility index (Phi) is 8.60. The van der Waals surface area contributed by atoms with E-state index < -0.39 is 38.0 Å². The number of piperidine rings is 1. The minimum atomic E-state index is -4.61. The highest BCUT2D eigenvalue weighted by Crippen LogP contribution is 2.31. The van der Waals surface area contributed by atoms with E-state index in [1.807, 2.05) is 19.0 Å². The molecule has 0 spiro atoms. The van der Waals surface area contributed by atoms with Gasteiger partial charge in [-0.15, -0.1) is 0 Å². The van der Waals surface area contributed by atoms with Gasteiger partial charge in [-0.2, -0.15) is 0 Å². The number of rotatable bonds is 8. The topological polar surface area (TPSA) is 79.0 Å². The van der Waals surface area contributed by atoms with Gasteiger partial charge in [0, 0.05) is 30.9 Å². The molecule has 1 saturated heterocycles. The Labute approximate surface area is 221 Å². The van der Waals surface area contributed by atoms with Crippen LogP contribution in [-0.4, -0.2) is 59.1 Å². The summed E-state index contributed by atoms with van der Waals surface area (Å²) in [5, 5.41) is -0.0185. The van der Waals surface area contributed by atoms with Crippen LogP contribution in [0.3, 0.4) is 0 Å². The normalized spacial score (nSPS) is 18.9. The number of halogens is 3. The molecule has 0 bridgehead atoms. The van der Waals surface area contributed by atoms with Crippen molar-refractivity contribution in [2.24, 2.45) is 5.92 Å². The molecule has 1 amide bonds. The first kappa shape index (κ1) is 27.6. The second kappa shape index (κ2) is 11.5. The van der Waals surface area contributed by atoms with Crippen LogP contribution in [0.4, 0.5) is 14.5 Å². The maximum absolute atomic E-state index is 14.9. The van der Waals surface area contributed by atoms with Gasteiger partial charge >= 0.3 is 0 Å². The lowest BCUT2D eigenvalue weighted by molar-refractivity contribution is 0.0977. The van der Waals surface area contributed by atoms with Gasteiger partial charge in [-0.1, -0.05) is 24.4 Å². The number of benzene rings is 2. The van der Waals surface area contributed by atoms with E-state index in [0.717, 1.165) is 69.3 Å². The molecule has 202 valence electrons. The Balaban J connectivity index is 1.46. The van der Waals surface area contributed by atoms with Crippen LogP contribution in [0.25, 0.3) is 0 Å². The lowest BCUT2D eigenvalue weighted by atomic mass is 10.0. The zero-order valence-electron chi connectivity index (χ0n) is 21.0. The molecule has 0 aromatic heterocycles. The minimum Gasteiger partial charge on any atom is -0.492 e. The van der Waals surface area contributed by atoms with Crippen molar-refractivity contribution in [1.82, 2.24) is 9.62 Å². The van der Waals surface area contributed by atoms with E-state index in [0.29, 0.717) is 30.8 Å². The molecule has 2 aromatic rings. The summed E-state index contributed by atoms with van der Waals surface area (Å²) in [5.74, 6) is -2.79. The van der Waals surface area contributed by atoms with Crippen LogP contribution in [0.2, 0.25) is 5.02 Å². The number of likely N-dealkylation sites (N-methyl/N-ethyl adjacent to an activating group) is 1. The van der Waals surface area contributed by atoms with E-state index in [1.165, 1.54) is 6.07 Å². The molecule has 1 heterocycles. The molecule has 1 aliphatic carbocycles. The Morgan fingerprint density at radius 1 is 1.11 bits per heavy atom. The fourth-order valence-corrected chi connectivity index (χ4v) is 6.19. The maximum Gasteiger partial charge on any atom is 0.268 e. The first-order valence-corrected chi connectivity index (χ1v) is 14.3. The fourth-order valence-electron chi connectivity index (χ4n) is 4.94. The zero-order valence-corrected chi connectivity index (χ0v) is 22.5. The number of nitrogens with one attached hydrogen (secondary N) is 1. The average Bonchev–Trinajstić information content (AvgIpc) is 3.37. The smallest absolute Gasteiger partial charge is 0.268 e. The van der Waals surface area contributed by atoms with Crippen molar-refractivity contribution in [2.45, 2.75) is 49.5 Å². The average molecular weight is 556 g/mol. The Bertz CT molecular complexity index is 1250. The van der Waals surface area contributed by atoms with Crippen molar-refractivity contribution in [3.8, 4) is 5.75 Å². The molecule has 2 aliphatic rings. The molecule has 2 aromatic carbocycles. The predicted octanol–water partition coefficient (Wildman–Crippen LogP) is 4.84. The summed E-state index contributed by atoms with van der Waals surface area (Å²) in [7, 11) is -0.641. The second-order valence-electron chi connectivity index (χ2n) is 9.98. The molecule has 1 aliphatic heterocycles. The highest BCUT2D eigenvalue weighted by atomic mass is 35.5. The molecular formula is C26H32ClF2N3O4S. The van der Waals surface area contributed by atoms with Crippen molar-refractivity contribution in [1.29, 1.82) is 0 Å². The standard InChI is InChI=1S/C26H32ClF2N3O4S/c1-31(2)19-8-5-11-32(15-19)18-9-10-25(23(29)12-18)37(34,35)30-26(33)20-13-21(27)24(14-22(20)28)36-16-17-6-3-4-7-17/h9-10,12-14,17,19H,3-8,11,15-16H2,1-2H3,(H,30,33). The number of nitrogens with zero attached hydrogens (tertiary/aromatic N) is 2. The van der Waals surface area contributed by atoms with Crippen molar-refractivity contribution >= 4 is 33.2 Å². The van der Waals surface area contributed by atoms with Gasteiger partial charge in [0.1, 0.15) is 22.3 Å². The van der Waals surface area contributed by atoms with E-state index in [4.69, 9.17) is 16.3 Å². The van der Waals surface area contributed by atoms with Crippen molar-refractivity contribution in [3.05, 3.63) is 52.6 Å². The third-order valence-corrected chi connectivity index (χ3v) is 8.80. The molecular weight excluding hydrogens is 524 g/mol. The summed E-state index contributed by atoms with van der Waals surface area (Å²) in [4.78, 5) is 16.1. The number of ether oxygens (including phenoxy) is 1. The first-order chi connectivity index (χ1) is 17.5. The van der Waals surface area contributed by atoms with Gasteiger partial charge in [0.25, 0.3) is 15.9 Å². The van der Waals surface area contributed by atoms with Gasteiger partial charge < -0.3 is 14.5 Å². The zero-order chi connectivity index (χ0) is 26.7. The quantitative estimate of drug-likeness (QED) is 0.502. The minimum absolute atomic E-state index is 0.0185. The van der Waals surface area contributed by atoms with E-state index in [9.17, 15) is 22.0 Å². The monoisotopic (exact) mass is 555 g/mol. The molecule has 7 nitrogen and oxygen atoms in total. The van der Waals surface area contributed by atoms with Crippen molar-refractivity contribution < 1.29 is 26.7 Å². The Morgan fingerprint density at radius 2 is 1.84 bits per heavy atom. The largest absolute Gasteiger partial charge is 0.492 e. The van der Waals surface area contributed by atoms with E-state index in [-0.39, 0.29) is 10.8 Å². The van der Waals surface area contributed by atoms with Crippen LogP contribution in [0.5, 0.6) is 5.75 Å². The van der Waals surface area contributed by atoms with Gasteiger partial charge in [-0.25, -0.2) is 21.9 Å². The summed E-state index contributed by atoms with van der Waals surface area (Å²) >= 11 is 6.18. The van der Waals surface area contributed by atoms with E-state index in [2.05, 4.69) is 4.90 Å². The third kappa shape index (κ3) is 6.53. The van der Waals surface area contributed by atoms with Gasteiger partial charge in [0.2, 0.25) is 0 Å². The molecule has 0 radical (unpaired) electrons. The fraction of sp³-hybridized carbons (Fsp3) is 0.500. The lowest BCUT2D eigenvalue weighted by Gasteiger charge is -2.37. The van der Waals surface area contributed by atoms with E-state index >= 15 is 0 Å². The van der Waals surface area contributed by atoms with Crippen LogP contribution in [0.15, 0.2) is 35.2 Å². The van der Waals surface area contributed by atoms with Crippen LogP contribution < -0.4 is 14.4 Å². The lowest BCUT2D eigenvalue weighted by Crippen LogP contribution is -2.45. The summed E-state index contributed by atoms with van der Waals surface area (Å²) in [6, 6.07) is 6.05. The highest BCUT2D eigenvalue weighted by Gasteiger charge is 2.27. The summed E-state index contributed by atoms with van der Waals surface area (Å²) in [6.45, 7) is 1.81. The number of carbonyl (C=O) groups excluding carboxylic acids is 1. The van der Waals surface area contributed by atoms with Gasteiger partial charge in [0.15, 0.2) is 0 Å². The molecule has 4 rings (SSSR count). The summed E-state index contributed by atoms with van der Waals surface area (Å²) < 4.78 is 62.6. The molecule has 2 fully saturated rings. The van der Waals surface area contributed by atoms with Gasteiger partial charge in [-0.3, -0.25) is 4.79 Å². The first-order valence-electron chi connectivity index (χ1n) is 12.4. The van der Waals surface area contributed by atoms with Gasteiger partial charge in [-0.05, 0) is 70.0 Å². The Morgan fingerprint density at radius 3 is 2.51 bits per heavy atom. The number of hydrogen-bond donors (Lipinski definition) is 1. The number of carbonyl (C=O) groups is 1. The summed E-state index contributed by atoms with van der Waals surface area (Å²) in [5.41, 5.74) is -0.0257. The molecule has 1 saturated carbocycles. The predicted molar refractivity (Wildman–Crippen MR) is 139 cm³/mol. The number of hydrogen-bond acceptors (Lipinski definition) is 6. The van der Waals surface area contributed by atoms with Crippen molar-refractivity contribution in [2.75, 3.05) is 38.7 Å². The van der Waals surface area contributed by atoms with Crippen LogP contribution in [0, 0.1) is 17.6 Å². The number of anilines is 1. The molecule has 1 atom stereocenters. The summed E-state index contributed by atoms with van der Waals surface area (Å²) in [6.07, 6.45) is 6.28. The molecule has 37 heavy (non-hydrogen) atoms. The molecule has 11 heteroatoms. The SMILES string of the molecule is CN(C)C1CCCN(c2ccc(S(=O)(=O)NC(=O)c3cc(Cl)c(OCC4CCCC4)cc3F)c(F)c2)C1. The third-order valence-electron chi connectivity index (χ3n) is 7.14. The van der Waals surface area contributed by atoms with Gasteiger partial charge in [0.05, 0.1) is 17.2 Å². The van der Waals surface area contributed by atoms with Crippen LogP contribution >= 0.6 is 11.6 Å².